The first-order valence-electron chi connectivity index (χ1n) is 3.74. The van der Waals surface area contributed by atoms with Crippen LogP contribution in [0, 0.1) is 5.82 Å². The quantitative estimate of drug-likeness (QED) is 0.742. The van der Waals surface area contributed by atoms with Gasteiger partial charge >= 0.3 is 0 Å². The van der Waals surface area contributed by atoms with Gasteiger partial charge in [0.2, 0.25) is 0 Å². The van der Waals surface area contributed by atoms with Crippen LogP contribution in [0.3, 0.4) is 0 Å². The molecule has 0 nitrogen and oxygen atoms in total. The van der Waals surface area contributed by atoms with E-state index in [2.05, 4.69) is 31.9 Å². The van der Waals surface area contributed by atoms with Gasteiger partial charge in [0.15, 0.2) is 0 Å². The minimum Gasteiger partial charge on any atom is -0.207 e. The van der Waals surface area contributed by atoms with Crippen LogP contribution in [0.5, 0.6) is 0 Å². The SMILES string of the molecule is Fc1ccc(Br)c(CCCBr)c1. The summed E-state index contributed by atoms with van der Waals surface area (Å²) in [6.07, 6.45) is 1.94. The number of rotatable bonds is 3. The molecule has 0 bridgehead atoms. The molecule has 0 heterocycles. The normalized spacial score (nSPS) is 10.2. The summed E-state index contributed by atoms with van der Waals surface area (Å²) in [5, 5.41) is 0.954. The lowest BCUT2D eigenvalue weighted by Gasteiger charge is -2.02. The number of hydrogen-bond acceptors (Lipinski definition) is 0. The molecule has 0 aromatic heterocycles. The molecule has 0 radical (unpaired) electrons. The van der Waals surface area contributed by atoms with Gasteiger partial charge in [0.05, 0.1) is 0 Å². The van der Waals surface area contributed by atoms with Crippen LogP contribution in [0.25, 0.3) is 0 Å². The predicted octanol–water partition coefficient (Wildman–Crippen LogP) is 3.92. The molecule has 0 N–H and O–H groups in total. The lowest BCUT2D eigenvalue weighted by atomic mass is 10.1. The maximum atomic E-state index is 12.7. The third kappa shape index (κ3) is 2.87. The van der Waals surface area contributed by atoms with Crippen LogP contribution in [0.2, 0.25) is 0 Å². The minimum absolute atomic E-state index is 0.164. The number of alkyl halides is 1. The van der Waals surface area contributed by atoms with E-state index >= 15 is 0 Å². The Morgan fingerprint density at radius 3 is 2.75 bits per heavy atom. The fourth-order valence-corrected chi connectivity index (χ4v) is 1.72. The van der Waals surface area contributed by atoms with E-state index in [0.29, 0.717) is 0 Å². The fraction of sp³-hybridized carbons (Fsp3) is 0.333. The average molecular weight is 296 g/mol. The Balaban J connectivity index is 2.75. The Kier molecular flexibility index (Phi) is 4.22. The molecule has 0 fully saturated rings. The van der Waals surface area contributed by atoms with Gasteiger partial charge in [0.1, 0.15) is 5.82 Å². The molecule has 0 saturated carbocycles. The van der Waals surface area contributed by atoms with Crippen molar-refractivity contribution in [1.29, 1.82) is 0 Å². The maximum Gasteiger partial charge on any atom is 0.123 e. The summed E-state index contributed by atoms with van der Waals surface area (Å²) in [5.74, 6) is -0.164. The number of halogens is 3. The monoisotopic (exact) mass is 294 g/mol. The summed E-state index contributed by atoms with van der Waals surface area (Å²) in [6.45, 7) is 0. The van der Waals surface area contributed by atoms with Crippen molar-refractivity contribution < 1.29 is 4.39 Å². The number of aryl methyl sites for hydroxylation is 1. The van der Waals surface area contributed by atoms with Crippen LogP contribution in [0.15, 0.2) is 22.7 Å². The van der Waals surface area contributed by atoms with E-state index in [4.69, 9.17) is 0 Å². The Bertz CT molecular complexity index is 261. The molecule has 3 heteroatoms. The van der Waals surface area contributed by atoms with Crippen molar-refractivity contribution in [3.05, 3.63) is 34.1 Å². The van der Waals surface area contributed by atoms with E-state index in [1.54, 1.807) is 12.1 Å². The Morgan fingerprint density at radius 1 is 1.33 bits per heavy atom. The summed E-state index contributed by atoms with van der Waals surface area (Å²) in [7, 11) is 0. The van der Waals surface area contributed by atoms with Gasteiger partial charge in [-0.15, -0.1) is 0 Å². The van der Waals surface area contributed by atoms with Crippen LogP contribution in [0.4, 0.5) is 4.39 Å². The van der Waals surface area contributed by atoms with E-state index in [1.165, 1.54) is 6.07 Å². The van der Waals surface area contributed by atoms with Crippen LogP contribution in [-0.2, 0) is 6.42 Å². The number of benzene rings is 1. The molecule has 0 aliphatic rings. The first-order chi connectivity index (χ1) is 5.74. The zero-order chi connectivity index (χ0) is 8.97. The number of hydrogen-bond donors (Lipinski definition) is 0. The lowest BCUT2D eigenvalue weighted by Crippen LogP contribution is -1.89. The summed E-state index contributed by atoms with van der Waals surface area (Å²) < 4.78 is 13.7. The van der Waals surface area contributed by atoms with Crippen molar-refractivity contribution in [3.63, 3.8) is 0 Å². The van der Waals surface area contributed by atoms with Gasteiger partial charge in [0.25, 0.3) is 0 Å². The van der Waals surface area contributed by atoms with Crippen molar-refractivity contribution in [2.75, 3.05) is 5.33 Å². The van der Waals surface area contributed by atoms with Crippen molar-refractivity contribution in [2.45, 2.75) is 12.8 Å². The molecule has 0 aliphatic carbocycles. The summed E-state index contributed by atoms with van der Waals surface area (Å²) in [6, 6.07) is 4.79. The highest BCUT2D eigenvalue weighted by Crippen LogP contribution is 2.19. The average Bonchev–Trinajstić information content (AvgIpc) is 2.07. The van der Waals surface area contributed by atoms with Crippen molar-refractivity contribution in [1.82, 2.24) is 0 Å². The molecular weight excluding hydrogens is 287 g/mol. The van der Waals surface area contributed by atoms with E-state index < -0.39 is 0 Å². The topological polar surface area (TPSA) is 0 Å². The van der Waals surface area contributed by atoms with Crippen LogP contribution >= 0.6 is 31.9 Å². The van der Waals surface area contributed by atoms with Gasteiger partial charge < -0.3 is 0 Å². The first kappa shape index (κ1) is 10.2. The first-order valence-corrected chi connectivity index (χ1v) is 5.65. The van der Waals surface area contributed by atoms with Crippen LogP contribution in [-0.4, -0.2) is 5.33 Å². The molecule has 66 valence electrons. The molecule has 0 spiro atoms. The molecule has 0 aliphatic heterocycles. The van der Waals surface area contributed by atoms with Crippen molar-refractivity contribution >= 4 is 31.9 Å². The molecule has 1 rings (SSSR count). The second-order valence-corrected chi connectivity index (χ2v) is 4.18. The van der Waals surface area contributed by atoms with Crippen LogP contribution < -0.4 is 0 Å². The smallest absolute Gasteiger partial charge is 0.123 e. The van der Waals surface area contributed by atoms with Gasteiger partial charge in [0, 0.05) is 9.80 Å². The minimum atomic E-state index is -0.164. The highest BCUT2D eigenvalue weighted by atomic mass is 79.9. The Hall–Kier alpha value is 0.110. The maximum absolute atomic E-state index is 12.7. The van der Waals surface area contributed by atoms with Gasteiger partial charge in [-0.2, -0.15) is 0 Å². The Labute approximate surface area is 88.4 Å². The molecule has 0 unspecified atom stereocenters. The van der Waals surface area contributed by atoms with Crippen molar-refractivity contribution in [3.8, 4) is 0 Å². The standard InChI is InChI=1S/C9H9Br2F/c10-5-1-2-7-6-8(12)3-4-9(7)11/h3-4,6H,1-2,5H2. The molecule has 1 aromatic carbocycles. The molecule has 1 aromatic rings. The van der Waals surface area contributed by atoms with Gasteiger partial charge in [-0.25, -0.2) is 4.39 Å². The van der Waals surface area contributed by atoms with Gasteiger partial charge in [-0.1, -0.05) is 31.9 Å². The van der Waals surface area contributed by atoms with E-state index in [-0.39, 0.29) is 5.82 Å². The summed E-state index contributed by atoms with van der Waals surface area (Å²) >= 11 is 6.72. The zero-order valence-electron chi connectivity index (χ0n) is 6.49. The van der Waals surface area contributed by atoms with Crippen LogP contribution in [0.1, 0.15) is 12.0 Å². The lowest BCUT2D eigenvalue weighted by molar-refractivity contribution is 0.624. The Morgan fingerprint density at radius 2 is 2.08 bits per heavy atom. The van der Waals surface area contributed by atoms with Gasteiger partial charge in [-0.05, 0) is 36.6 Å². The molecule has 0 amide bonds. The summed E-state index contributed by atoms with van der Waals surface area (Å²) in [4.78, 5) is 0. The molecular formula is C9H9Br2F. The molecule has 12 heavy (non-hydrogen) atoms. The second-order valence-electron chi connectivity index (χ2n) is 2.53. The van der Waals surface area contributed by atoms with Gasteiger partial charge in [-0.3, -0.25) is 0 Å². The zero-order valence-corrected chi connectivity index (χ0v) is 9.66. The highest BCUT2D eigenvalue weighted by Gasteiger charge is 2.00. The van der Waals surface area contributed by atoms with Crippen molar-refractivity contribution in [2.24, 2.45) is 0 Å². The van der Waals surface area contributed by atoms with E-state index in [9.17, 15) is 4.39 Å². The third-order valence-electron chi connectivity index (χ3n) is 1.59. The summed E-state index contributed by atoms with van der Waals surface area (Å²) in [5.41, 5.74) is 1.04. The molecule has 0 saturated heterocycles. The molecule has 0 atom stereocenters. The third-order valence-corrected chi connectivity index (χ3v) is 2.92. The predicted molar refractivity (Wildman–Crippen MR) is 56.2 cm³/mol. The largest absolute Gasteiger partial charge is 0.207 e. The van der Waals surface area contributed by atoms with E-state index in [0.717, 1.165) is 28.2 Å². The van der Waals surface area contributed by atoms with E-state index in [1.807, 2.05) is 0 Å². The highest BCUT2D eigenvalue weighted by molar-refractivity contribution is 9.10. The fourth-order valence-electron chi connectivity index (χ4n) is 0.992. The second kappa shape index (κ2) is 4.97.